The van der Waals surface area contributed by atoms with Crippen LogP contribution in [0, 0.1) is 0 Å². The summed E-state index contributed by atoms with van der Waals surface area (Å²) in [6.45, 7) is 1.83. The first-order chi connectivity index (χ1) is 21.9. The summed E-state index contributed by atoms with van der Waals surface area (Å²) in [7, 11) is 1.54. The van der Waals surface area contributed by atoms with Crippen LogP contribution in [0.4, 0.5) is 10.8 Å². The maximum atomic E-state index is 13.4. The van der Waals surface area contributed by atoms with Gasteiger partial charge in [0, 0.05) is 32.7 Å². The van der Waals surface area contributed by atoms with E-state index < -0.39 is 17.1 Å². The molecule has 4 aromatic carbocycles. The topological polar surface area (TPSA) is 109 Å². The number of carbonyl (C=O) groups excluding carboxylic acids is 3. The summed E-state index contributed by atoms with van der Waals surface area (Å²) in [6.07, 6.45) is 1.57. The molecule has 5 aromatic rings. The van der Waals surface area contributed by atoms with Crippen molar-refractivity contribution in [3.8, 4) is 17.0 Å². The molecule has 0 fully saturated rings. The molecule has 0 bridgehead atoms. The van der Waals surface area contributed by atoms with Gasteiger partial charge in [0.2, 0.25) is 5.91 Å². The highest BCUT2D eigenvalue weighted by Crippen LogP contribution is 2.28. The molecule has 226 valence electrons. The molecule has 8 nitrogen and oxygen atoms in total. The van der Waals surface area contributed by atoms with Gasteiger partial charge in [-0.2, -0.15) is 0 Å². The van der Waals surface area contributed by atoms with Crippen LogP contribution in [0.5, 0.6) is 5.75 Å². The Morgan fingerprint density at radius 1 is 0.844 bits per heavy atom. The molecule has 0 aliphatic heterocycles. The summed E-state index contributed by atoms with van der Waals surface area (Å²) in [4.78, 5) is 44.6. The van der Waals surface area contributed by atoms with Crippen LogP contribution in [0.2, 0.25) is 0 Å². The van der Waals surface area contributed by atoms with Gasteiger partial charge in [-0.05, 0) is 55.5 Å². The van der Waals surface area contributed by atoms with Gasteiger partial charge in [-0.1, -0.05) is 66.7 Å². The fraction of sp³-hybridized carbons (Fsp3) is 0.0857. The third-order valence-corrected chi connectivity index (χ3v) is 8.44. The predicted octanol–water partition coefficient (Wildman–Crippen LogP) is 7.35. The zero-order valence-electron chi connectivity index (χ0n) is 24.5. The van der Waals surface area contributed by atoms with Crippen molar-refractivity contribution < 1.29 is 19.1 Å². The minimum Gasteiger partial charge on any atom is -0.496 e. The first-order valence-electron chi connectivity index (χ1n) is 14.0. The van der Waals surface area contributed by atoms with Crippen molar-refractivity contribution in [3.05, 3.63) is 131 Å². The van der Waals surface area contributed by atoms with Crippen LogP contribution in [-0.4, -0.2) is 35.1 Å². The predicted molar refractivity (Wildman–Crippen MR) is 181 cm³/mol. The Morgan fingerprint density at radius 3 is 2.22 bits per heavy atom. The summed E-state index contributed by atoms with van der Waals surface area (Å²) in [5.74, 6) is -0.522. The van der Waals surface area contributed by atoms with Crippen molar-refractivity contribution in [2.75, 3.05) is 17.7 Å². The molecule has 1 heterocycles. The number of nitrogens with zero attached hydrogens (tertiary/aromatic N) is 1. The number of ether oxygens (including phenoxy) is 1. The number of aromatic nitrogens is 1. The minimum atomic E-state index is -0.503. The van der Waals surface area contributed by atoms with Crippen LogP contribution >= 0.6 is 23.1 Å². The summed E-state index contributed by atoms with van der Waals surface area (Å²) >= 11 is 2.77. The van der Waals surface area contributed by atoms with Gasteiger partial charge in [0.25, 0.3) is 11.8 Å². The molecule has 10 heteroatoms. The van der Waals surface area contributed by atoms with Gasteiger partial charge in [-0.3, -0.25) is 14.4 Å². The highest BCUT2D eigenvalue weighted by molar-refractivity contribution is 8.00. The molecule has 1 atom stereocenters. The number of hydrogen-bond donors (Lipinski definition) is 3. The molecule has 5 rings (SSSR count). The van der Waals surface area contributed by atoms with Gasteiger partial charge in [0.05, 0.1) is 18.1 Å². The molecular formula is C35H30N4O4S2. The Morgan fingerprint density at radius 2 is 1.51 bits per heavy atom. The van der Waals surface area contributed by atoms with E-state index in [1.165, 1.54) is 23.1 Å². The number of thioether (sulfide) groups is 1. The van der Waals surface area contributed by atoms with Crippen molar-refractivity contribution in [1.29, 1.82) is 0 Å². The highest BCUT2D eigenvalue weighted by atomic mass is 32.2. The van der Waals surface area contributed by atoms with Crippen LogP contribution in [-0.2, 0) is 9.59 Å². The Bertz CT molecular complexity index is 1810. The van der Waals surface area contributed by atoms with Crippen molar-refractivity contribution in [2.45, 2.75) is 17.1 Å². The second-order valence-electron chi connectivity index (χ2n) is 9.75. The van der Waals surface area contributed by atoms with E-state index >= 15 is 0 Å². The highest BCUT2D eigenvalue weighted by Gasteiger charge is 2.18. The standard InChI is InChI=1S/C35H30N4O4S2/c1-23(32(40)39-35-38-30(22-44-35)24-11-5-3-6-12-24)45-28-19-17-27(18-20-28)36-34(42)29(21-26-15-9-10-16-31(26)43-2)37-33(41)25-13-7-4-8-14-25/h3-23H,1-2H3,(H,36,42)(H,37,41)(H,38,39,40)/b29-21-. The van der Waals surface area contributed by atoms with E-state index in [9.17, 15) is 14.4 Å². The lowest BCUT2D eigenvalue weighted by molar-refractivity contribution is -0.115. The molecule has 1 aromatic heterocycles. The van der Waals surface area contributed by atoms with Crippen LogP contribution in [0.15, 0.2) is 125 Å². The third-order valence-electron chi connectivity index (χ3n) is 6.57. The molecule has 0 radical (unpaired) electrons. The van der Waals surface area contributed by atoms with Gasteiger partial charge < -0.3 is 20.7 Å². The average Bonchev–Trinajstić information content (AvgIpc) is 3.54. The number of carbonyl (C=O) groups is 3. The number of hydrogen-bond acceptors (Lipinski definition) is 7. The Balaban J connectivity index is 1.23. The number of anilines is 2. The smallest absolute Gasteiger partial charge is 0.272 e. The van der Waals surface area contributed by atoms with Crippen molar-refractivity contribution in [1.82, 2.24) is 10.3 Å². The van der Waals surface area contributed by atoms with Gasteiger partial charge in [-0.15, -0.1) is 23.1 Å². The Kier molecular flexibility index (Phi) is 10.4. The molecule has 0 aliphatic rings. The van der Waals surface area contributed by atoms with Gasteiger partial charge in [-0.25, -0.2) is 4.98 Å². The summed E-state index contributed by atoms with van der Waals surface area (Å²) in [5, 5.41) is 10.6. The largest absolute Gasteiger partial charge is 0.496 e. The monoisotopic (exact) mass is 634 g/mol. The Labute approximate surface area is 269 Å². The first kappa shape index (κ1) is 31.2. The maximum Gasteiger partial charge on any atom is 0.272 e. The summed E-state index contributed by atoms with van der Waals surface area (Å²) in [6, 6.07) is 32.8. The molecule has 0 saturated heterocycles. The lowest BCUT2D eigenvalue weighted by Gasteiger charge is -2.13. The fourth-order valence-electron chi connectivity index (χ4n) is 4.24. The van der Waals surface area contributed by atoms with Crippen LogP contribution in [0.1, 0.15) is 22.8 Å². The van der Waals surface area contributed by atoms with Crippen LogP contribution < -0.4 is 20.7 Å². The van der Waals surface area contributed by atoms with Gasteiger partial charge in [0.15, 0.2) is 5.13 Å². The number of rotatable bonds is 11. The zero-order valence-corrected chi connectivity index (χ0v) is 26.2. The zero-order chi connectivity index (χ0) is 31.6. The molecule has 0 spiro atoms. The number of para-hydroxylation sites is 1. The maximum absolute atomic E-state index is 13.4. The molecule has 0 aliphatic carbocycles. The van der Waals surface area contributed by atoms with E-state index in [2.05, 4.69) is 20.9 Å². The lowest BCUT2D eigenvalue weighted by atomic mass is 10.1. The first-order valence-corrected chi connectivity index (χ1v) is 15.8. The quantitative estimate of drug-likeness (QED) is 0.104. The van der Waals surface area contributed by atoms with E-state index in [1.807, 2.05) is 73.0 Å². The second kappa shape index (κ2) is 15.0. The van der Waals surface area contributed by atoms with E-state index in [0.717, 1.165) is 16.2 Å². The number of amides is 3. The molecule has 0 saturated carbocycles. The summed E-state index contributed by atoms with van der Waals surface area (Å²) < 4.78 is 5.43. The SMILES string of the molecule is COc1ccccc1/C=C(\NC(=O)c1ccccc1)C(=O)Nc1ccc(SC(C)C(=O)Nc2nc(-c3ccccc3)cs2)cc1. The van der Waals surface area contributed by atoms with E-state index in [-0.39, 0.29) is 11.6 Å². The second-order valence-corrected chi connectivity index (χ2v) is 12.0. The average molecular weight is 635 g/mol. The van der Waals surface area contributed by atoms with E-state index in [1.54, 1.807) is 61.7 Å². The normalized spacial score (nSPS) is 11.7. The lowest BCUT2D eigenvalue weighted by Crippen LogP contribution is -2.30. The van der Waals surface area contributed by atoms with Crippen molar-refractivity contribution >= 4 is 57.7 Å². The number of nitrogens with one attached hydrogen (secondary N) is 3. The molecule has 45 heavy (non-hydrogen) atoms. The Hall–Kier alpha value is -5.19. The summed E-state index contributed by atoms with van der Waals surface area (Å²) in [5.41, 5.74) is 3.43. The van der Waals surface area contributed by atoms with Crippen molar-refractivity contribution in [2.24, 2.45) is 0 Å². The van der Waals surface area contributed by atoms with E-state index in [0.29, 0.717) is 27.7 Å². The van der Waals surface area contributed by atoms with Gasteiger partial charge >= 0.3 is 0 Å². The van der Waals surface area contributed by atoms with Crippen LogP contribution in [0.3, 0.4) is 0 Å². The fourth-order valence-corrected chi connectivity index (χ4v) is 5.83. The van der Waals surface area contributed by atoms with E-state index in [4.69, 9.17) is 4.74 Å². The third kappa shape index (κ3) is 8.47. The number of methoxy groups -OCH3 is 1. The number of thiazole rings is 1. The molecule has 3 amide bonds. The van der Waals surface area contributed by atoms with Gasteiger partial charge in [0.1, 0.15) is 11.4 Å². The van der Waals surface area contributed by atoms with Crippen LogP contribution in [0.25, 0.3) is 17.3 Å². The molecular weight excluding hydrogens is 605 g/mol. The minimum absolute atomic E-state index is 0.0507. The molecule has 1 unspecified atom stereocenters. The molecule has 3 N–H and O–H groups in total. The van der Waals surface area contributed by atoms with Crippen molar-refractivity contribution in [3.63, 3.8) is 0 Å². The number of benzene rings is 4.